The number of amides is 1. The molecule has 0 fully saturated rings. The number of carbonyl (C=O) groups excluding carboxylic acids is 1. The Morgan fingerprint density at radius 3 is 2.33 bits per heavy atom. The second-order valence-electron chi connectivity index (χ2n) is 6.69. The van der Waals surface area contributed by atoms with E-state index < -0.39 is 20.9 Å². The van der Waals surface area contributed by atoms with E-state index in [1.54, 1.807) is 25.9 Å². The van der Waals surface area contributed by atoms with Crippen molar-refractivity contribution < 1.29 is 22.9 Å². The van der Waals surface area contributed by atoms with Crippen molar-refractivity contribution in [2.24, 2.45) is 0 Å². The molecule has 0 aliphatic rings. The Kier molecular flexibility index (Phi) is 7.00. The van der Waals surface area contributed by atoms with E-state index in [0.29, 0.717) is 5.69 Å². The predicted molar refractivity (Wildman–Crippen MR) is 114 cm³/mol. The summed E-state index contributed by atoms with van der Waals surface area (Å²) in [6, 6.07) is 8.22. The number of hydrogen-bond donors (Lipinski definition) is 1. The number of anilines is 2. The van der Waals surface area contributed by atoms with Gasteiger partial charge in [0.2, 0.25) is 10.0 Å². The molecule has 0 atom stereocenters. The first-order chi connectivity index (χ1) is 14.0. The van der Waals surface area contributed by atoms with Crippen molar-refractivity contribution in [3.05, 3.63) is 52.1 Å². The number of rotatable bonds is 8. The number of non-ortho nitro benzene ring substituents is 1. The van der Waals surface area contributed by atoms with Crippen molar-refractivity contribution in [2.45, 2.75) is 11.8 Å². The largest absolute Gasteiger partial charge is 0.492 e. The predicted octanol–water partition coefficient (Wildman–Crippen LogP) is 2.56. The van der Waals surface area contributed by atoms with Crippen LogP contribution in [0.4, 0.5) is 17.1 Å². The van der Waals surface area contributed by atoms with E-state index in [1.807, 2.05) is 0 Å². The third kappa shape index (κ3) is 4.86. The van der Waals surface area contributed by atoms with Crippen LogP contribution in [-0.4, -0.2) is 58.4 Å². The van der Waals surface area contributed by atoms with E-state index in [2.05, 4.69) is 5.32 Å². The van der Waals surface area contributed by atoms with Crippen molar-refractivity contribution >= 4 is 33.0 Å². The number of nitro groups is 1. The van der Waals surface area contributed by atoms with Gasteiger partial charge in [-0.15, -0.1) is 0 Å². The molecule has 10 nitrogen and oxygen atoms in total. The maximum absolute atomic E-state index is 12.9. The molecule has 0 aliphatic heterocycles. The lowest BCUT2D eigenvalue weighted by atomic mass is 10.1. The molecule has 0 unspecified atom stereocenters. The van der Waals surface area contributed by atoms with Crippen molar-refractivity contribution in [1.29, 1.82) is 0 Å². The molecule has 1 amide bonds. The number of benzene rings is 2. The molecule has 162 valence electrons. The second kappa shape index (κ2) is 9.09. The number of sulfonamides is 1. The highest BCUT2D eigenvalue weighted by molar-refractivity contribution is 7.89. The standard InChI is InChI=1S/C19H24N4O6S/c1-6-29-17-10-7-13(11-18(17)30(27,28)22(4)5)20-19(24)15-12-14(23(25)26)8-9-16(15)21(2)3/h7-12H,6H2,1-5H3,(H,20,24). The zero-order valence-corrected chi connectivity index (χ0v) is 18.2. The summed E-state index contributed by atoms with van der Waals surface area (Å²) in [6.45, 7) is 1.99. The zero-order valence-electron chi connectivity index (χ0n) is 17.4. The number of nitrogens with one attached hydrogen (secondary N) is 1. The number of hydrogen-bond acceptors (Lipinski definition) is 7. The third-order valence-corrected chi connectivity index (χ3v) is 6.01. The summed E-state index contributed by atoms with van der Waals surface area (Å²) in [5.74, 6) is -0.451. The Hall–Kier alpha value is -3.18. The molecule has 2 rings (SSSR count). The SMILES string of the molecule is CCOc1ccc(NC(=O)c2cc([N+](=O)[O-])ccc2N(C)C)cc1S(=O)(=O)N(C)C. The van der Waals surface area contributed by atoms with Gasteiger partial charge in [-0.05, 0) is 31.2 Å². The molecule has 0 bridgehead atoms. The summed E-state index contributed by atoms with van der Waals surface area (Å²) >= 11 is 0. The highest BCUT2D eigenvalue weighted by Crippen LogP contribution is 2.30. The number of ether oxygens (including phenoxy) is 1. The van der Waals surface area contributed by atoms with Gasteiger partial charge in [-0.1, -0.05) is 0 Å². The fourth-order valence-electron chi connectivity index (χ4n) is 2.67. The smallest absolute Gasteiger partial charge is 0.270 e. The van der Waals surface area contributed by atoms with E-state index in [4.69, 9.17) is 4.74 Å². The van der Waals surface area contributed by atoms with Gasteiger partial charge in [0, 0.05) is 51.7 Å². The van der Waals surface area contributed by atoms with Gasteiger partial charge in [-0.2, -0.15) is 0 Å². The number of nitrogens with zero attached hydrogens (tertiary/aromatic N) is 3. The van der Waals surface area contributed by atoms with Crippen LogP contribution < -0.4 is 15.0 Å². The van der Waals surface area contributed by atoms with Crippen LogP contribution in [0.15, 0.2) is 41.3 Å². The summed E-state index contributed by atoms with van der Waals surface area (Å²) in [5.41, 5.74) is 0.540. The van der Waals surface area contributed by atoms with Gasteiger partial charge in [0.25, 0.3) is 11.6 Å². The lowest BCUT2D eigenvalue weighted by Gasteiger charge is -2.18. The first-order valence-corrected chi connectivity index (χ1v) is 10.4. The minimum Gasteiger partial charge on any atom is -0.492 e. The molecule has 0 radical (unpaired) electrons. The molecular weight excluding hydrogens is 412 g/mol. The van der Waals surface area contributed by atoms with Crippen LogP contribution in [0.1, 0.15) is 17.3 Å². The van der Waals surface area contributed by atoms with Crippen LogP contribution in [0.2, 0.25) is 0 Å². The van der Waals surface area contributed by atoms with Crippen LogP contribution in [0, 0.1) is 10.1 Å². The van der Waals surface area contributed by atoms with E-state index in [9.17, 15) is 23.3 Å². The van der Waals surface area contributed by atoms with Gasteiger partial charge in [0.1, 0.15) is 10.6 Å². The number of nitro benzene ring substituents is 1. The molecule has 1 N–H and O–H groups in total. The molecule has 0 aromatic heterocycles. The maximum Gasteiger partial charge on any atom is 0.270 e. The highest BCUT2D eigenvalue weighted by Gasteiger charge is 2.24. The molecule has 0 spiro atoms. The molecule has 11 heteroatoms. The number of carbonyl (C=O) groups is 1. The average molecular weight is 436 g/mol. The molecule has 0 saturated heterocycles. The van der Waals surface area contributed by atoms with E-state index in [1.165, 1.54) is 50.5 Å². The summed E-state index contributed by atoms with van der Waals surface area (Å²) in [4.78, 5) is 24.9. The molecular formula is C19H24N4O6S. The van der Waals surface area contributed by atoms with E-state index >= 15 is 0 Å². The van der Waals surface area contributed by atoms with Gasteiger partial charge in [-0.25, -0.2) is 12.7 Å². The molecule has 2 aromatic carbocycles. The summed E-state index contributed by atoms with van der Waals surface area (Å²) in [5, 5.41) is 13.7. The van der Waals surface area contributed by atoms with E-state index in [0.717, 1.165) is 4.31 Å². The summed E-state index contributed by atoms with van der Waals surface area (Å²) in [6.07, 6.45) is 0. The average Bonchev–Trinajstić information content (AvgIpc) is 2.68. The summed E-state index contributed by atoms with van der Waals surface area (Å²) in [7, 11) is 2.36. The van der Waals surface area contributed by atoms with Crippen LogP contribution >= 0.6 is 0 Å². The summed E-state index contributed by atoms with van der Waals surface area (Å²) < 4.78 is 31.8. The van der Waals surface area contributed by atoms with Crippen LogP contribution in [-0.2, 0) is 10.0 Å². The first-order valence-electron chi connectivity index (χ1n) is 8.95. The Bertz CT molecular complexity index is 1070. The van der Waals surface area contributed by atoms with Crippen LogP contribution in [0.3, 0.4) is 0 Å². The Morgan fingerprint density at radius 2 is 1.80 bits per heavy atom. The normalized spacial score (nSPS) is 11.3. The van der Waals surface area contributed by atoms with Crippen molar-refractivity contribution in [1.82, 2.24) is 4.31 Å². The van der Waals surface area contributed by atoms with Gasteiger partial charge < -0.3 is 15.0 Å². The zero-order chi connectivity index (χ0) is 22.6. The first kappa shape index (κ1) is 23.1. The third-order valence-electron chi connectivity index (χ3n) is 4.18. The van der Waals surface area contributed by atoms with Gasteiger partial charge in [0.05, 0.1) is 17.1 Å². The second-order valence-corrected chi connectivity index (χ2v) is 8.81. The lowest BCUT2D eigenvalue weighted by Crippen LogP contribution is -2.23. The van der Waals surface area contributed by atoms with Crippen LogP contribution in [0.5, 0.6) is 5.75 Å². The van der Waals surface area contributed by atoms with E-state index in [-0.39, 0.29) is 34.2 Å². The Morgan fingerprint density at radius 1 is 1.13 bits per heavy atom. The molecule has 30 heavy (non-hydrogen) atoms. The highest BCUT2D eigenvalue weighted by atomic mass is 32.2. The topological polar surface area (TPSA) is 122 Å². The van der Waals surface area contributed by atoms with Crippen molar-refractivity contribution in [3.63, 3.8) is 0 Å². The van der Waals surface area contributed by atoms with Gasteiger partial charge >= 0.3 is 0 Å². The fraction of sp³-hybridized carbons (Fsp3) is 0.316. The van der Waals surface area contributed by atoms with Crippen LogP contribution in [0.25, 0.3) is 0 Å². The molecule has 0 aliphatic carbocycles. The Balaban J connectivity index is 2.49. The van der Waals surface area contributed by atoms with Gasteiger partial charge in [-0.3, -0.25) is 14.9 Å². The monoisotopic (exact) mass is 436 g/mol. The quantitative estimate of drug-likeness (QED) is 0.498. The lowest BCUT2D eigenvalue weighted by molar-refractivity contribution is -0.384. The maximum atomic E-state index is 12.9. The van der Waals surface area contributed by atoms with Gasteiger partial charge in [0.15, 0.2) is 0 Å². The Labute approximate surface area is 175 Å². The molecule has 2 aromatic rings. The van der Waals surface area contributed by atoms with Crippen molar-refractivity contribution in [3.8, 4) is 5.75 Å². The molecule has 0 saturated carbocycles. The molecule has 0 heterocycles. The minimum absolute atomic E-state index is 0.0834. The minimum atomic E-state index is -3.83. The fourth-order valence-corrected chi connectivity index (χ4v) is 3.72. The van der Waals surface area contributed by atoms with Crippen molar-refractivity contribution in [2.75, 3.05) is 45.0 Å².